The molecule has 1 heterocycles. The van der Waals surface area contributed by atoms with Crippen molar-refractivity contribution in [1.29, 1.82) is 0 Å². The van der Waals surface area contributed by atoms with Gasteiger partial charge in [0.2, 0.25) is 0 Å². The summed E-state index contributed by atoms with van der Waals surface area (Å²) in [5, 5.41) is 5.61. The molecular weight excluding hydrogens is 252 g/mol. The first-order valence-electron chi connectivity index (χ1n) is 4.80. The predicted octanol–water partition coefficient (Wildman–Crippen LogP) is 2.59. The van der Waals surface area contributed by atoms with E-state index in [4.69, 9.17) is 0 Å². The molecule has 0 saturated carbocycles. The van der Waals surface area contributed by atoms with Crippen molar-refractivity contribution in [2.45, 2.75) is 6.18 Å². The Morgan fingerprint density at radius 3 is 2.39 bits per heavy atom. The Balaban J connectivity index is 2.55. The Labute approximate surface area is 98.1 Å². The molecule has 94 valence electrons. The monoisotopic (exact) mass is 258 g/mol. The molecule has 0 spiro atoms. The Morgan fingerprint density at radius 2 is 1.83 bits per heavy atom. The lowest BCUT2D eigenvalue weighted by Crippen LogP contribution is -2.08. The summed E-state index contributed by atoms with van der Waals surface area (Å²) in [7, 11) is 0. The van der Waals surface area contributed by atoms with E-state index in [-0.39, 0.29) is 11.3 Å². The average molecular weight is 258 g/mol. The first-order valence-corrected chi connectivity index (χ1v) is 4.80. The van der Waals surface area contributed by atoms with Crippen molar-refractivity contribution >= 4 is 0 Å². The second kappa shape index (κ2) is 4.25. The summed E-state index contributed by atoms with van der Waals surface area (Å²) in [5.41, 5.74) is -1.60. The molecule has 0 fully saturated rings. The molecule has 1 N–H and O–H groups in total. The minimum Gasteiger partial charge on any atom is -0.268 e. The highest BCUT2D eigenvalue weighted by molar-refractivity contribution is 5.59. The molecular formula is C11H6F4N2O. The van der Waals surface area contributed by atoms with Crippen LogP contribution in [0.5, 0.6) is 0 Å². The zero-order valence-corrected chi connectivity index (χ0v) is 8.75. The molecule has 2 rings (SSSR count). The third-order valence-electron chi connectivity index (χ3n) is 2.20. The van der Waals surface area contributed by atoms with Gasteiger partial charge in [0.05, 0.1) is 11.3 Å². The summed E-state index contributed by atoms with van der Waals surface area (Å²) in [4.78, 5) is 10.8. The van der Waals surface area contributed by atoms with E-state index in [1.165, 1.54) is 6.07 Å². The van der Waals surface area contributed by atoms with Crippen LogP contribution in [0.4, 0.5) is 17.6 Å². The quantitative estimate of drug-likeness (QED) is 0.799. The van der Waals surface area contributed by atoms with Gasteiger partial charge in [-0.2, -0.15) is 18.3 Å². The fraction of sp³-hybridized carbons (Fsp3) is 0.0909. The first kappa shape index (κ1) is 12.3. The third kappa shape index (κ3) is 2.55. The van der Waals surface area contributed by atoms with E-state index in [9.17, 15) is 22.4 Å². The fourth-order valence-corrected chi connectivity index (χ4v) is 1.41. The maximum atomic E-state index is 13.1. The van der Waals surface area contributed by atoms with Gasteiger partial charge in [-0.15, -0.1) is 0 Å². The maximum absolute atomic E-state index is 13.1. The maximum Gasteiger partial charge on any atom is 0.416 e. The van der Waals surface area contributed by atoms with Gasteiger partial charge in [0.25, 0.3) is 5.56 Å². The molecule has 3 nitrogen and oxygen atoms in total. The summed E-state index contributed by atoms with van der Waals surface area (Å²) in [6, 6.07) is 4.39. The van der Waals surface area contributed by atoms with E-state index in [1.54, 1.807) is 0 Å². The number of benzene rings is 1. The van der Waals surface area contributed by atoms with Crippen molar-refractivity contribution in [3.05, 3.63) is 52.1 Å². The van der Waals surface area contributed by atoms with E-state index in [2.05, 4.69) is 10.2 Å². The van der Waals surface area contributed by atoms with Crippen molar-refractivity contribution in [1.82, 2.24) is 10.2 Å². The van der Waals surface area contributed by atoms with Crippen LogP contribution < -0.4 is 5.56 Å². The normalized spacial score (nSPS) is 11.6. The molecule has 0 atom stereocenters. The summed E-state index contributed by atoms with van der Waals surface area (Å²) in [6.07, 6.45) is -4.64. The number of aromatic nitrogens is 2. The van der Waals surface area contributed by atoms with Crippen molar-refractivity contribution in [2.24, 2.45) is 0 Å². The van der Waals surface area contributed by atoms with Crippen LogP contribution in [0.1, 0.15) is 5.56 Å². The minimum absolute atomic E-state index is 0.0552. The molecule has 0 aliphatic carbocycles. The van der Waals surface area contributed by atoms with Crippen LogP contribution in [0.3, 0.4) is 0 Å². The van der Waals surface area contributed by atoms with Crippen LogP contribution >= 0.6 is 0 Å². The van der Waals surface area contributed by atoms with Crippen LogP contribution in [0.2, 0.25) is 0 Å². The highest BCUT2D eigenvalue weighted by atomic mass is 19.4. The predicted molar refractivity (Wildman–Crippen MR) is 55.3 cm³/mol. The topological polar surface area (TPSA) is 45.8 Å². The molecule has 0 aliphatic rings. The van der Waals surface area contributed by atoms with Gasteiger partial charge in [-0.3, -0.25) is 4.79 Å². The number of aromatic amines is 1. The summed E-state index contributed by atoms with van der Waals surface area (Å²) in [5.74, 6) is -1.02. The van der Waals surface area contributed by atoms with Gasteiger partial charge in [-0.25, -0.2) is 9.49 Å². The number of nitrogens with one attached hydrogen (secondary N) is 1. The van der Waals surface area contributed by atoms with Gasteiger partial charge in [0, 0.05) is 11.6 Å². The molecule has 0 saturated heterocycles. The molecule has 0 radical (unpaired) electrons. The summed E-state index contributed by atoms with van der Waals surface area (Å²) < 4.78 is 50.6. The van der Waals surface area contributed by atoms with Gasteiger partial charge < -0.3 is 0 Å². The second-order valence-corrected chi connectivity index (χ2v) is 3.53. The number of hydrogen-bond donors (Lipinski definition) is 1. The molecule has 0 aliphatic heterocycles. The molecule has 18 heavy (non-hydrogen) atoms. The number of rotatable bonds is 1. The smallest absolute Gasteiger partial charge is 0.268 e. The van der Waals surface area contributed by atoms with Crippen LogP contribution in [-0.2, 0) is 6.18 Å². The highest BCUT2D eigenvalue weighted by Gasteiger charge is 2.31. The van der Waals surface area contributed by atoms with Gasteiger partial charge in [0.1, 0.15) is 5.82 Å². The molecule has 0 amide bonds. The number of H-pyrrole nitrogens is 1. The van der Waals surface area contributed by atoms with Crippen molar-refractivity contribution < 1.29 is 17.6 Å². The number of nitrogens with zero attached hydrogens (tertiary/aromatic N) is 1. The standard InChI is InChI=1S/C11H6F4N2O/c12-8-4-6(3-7(5-8)11(13,14)15)9-1-2-10(18)17-16-9/h1-5H,(H,17,18). The van der Waals surface area contributed by atoms with Gasteiger partial charge in [-0.05, 0) is 24.3 Å². The van der Waals surface area contributed by atoms with Crippen LogP contribution in [0.15, 0.2) is 35.1 Å². The number of halogens is 4. The number of hydrogen-bond acceptors (Lipinski definition) is 2. The fourth-order valence-electron chi connectivity index (χ4n) is 1.41. The zero-order valence-electron chi connectivity index (χ0n) is 8.75. The lowest BCUT2D eigenvalue weighted by atomic mass is 10.1. The highest BCUT2D eigenvalue weighted by Crippen LogP contribution is 2.32. The van der Waals surface area contributed by atoms with Crippen LogP contribution in [0.25, 0.3) is 11.3 Å². The summed E-state index contributed by atoms with van der Waals surface area (Å²) >= 11 is 0. The Morgan fingerprint density at radius 1 is 1.11 bits per heavy atom. The van der Waals surface area contributed by atoms with Crippen molar-refractivity contribution in [2.75, 3.05) is 0 Å². The largest absolute Gasteiger partial charge is 0.416 e. The molecule has 1 aromatic carbocycles. The lowest BCUT2D eigenvalue weighted by Gasteiger charge is -2.08. The van der Waals surface area contributed by atoms with E-state index in [1.807, 2.05) is 0 Å². The van der Waals surface area contributed by atoms with E-state index >= 15 is 0 Å². The first-order chi connectivity index (χ1) is 8.36. The SMILES string of the molecule is O=c1ccc(-c2cc(F)cc(C(F)(F)F)c2)n[nH]1. The van der Waals surface area contributed by atoms with E-state index in [0.717, 1.165) is 18.2 Å². The van der Waals surface area contributed by atoms with Crippen LogP contribution in [-0.4, -0.2) is 10.2 Å². The van der Waals surface area contributed by atoms with Gasteiger partial charge in [0.15, 0.2) is 0 Å². The number of alkyl halides is 3. The van der Waals surface area contributed by atoms with Gasteiger partial charge in [-0.1, -0.05) is 0 Å². The third-order valence-corrected chi connectivity index (χ3v) is 2.20. The van der Waals surface area contributed by atoms with Crippen molar-refractivity contribution in [3.8, 4) is 11.3 Å². The molecule has 7 heteroatoms. The van der Waals surface area contributed by atoms with E-state index in [0.29, 0.717) is 6.07 Å². The van der Waals surface area contributed by atoms with Gasteiger partial charge >= 0.3 is 6.18 Å². The molecule has 0 bridgehead atoms. The van der Waals surface area contributed by atoms with E-state index < -0.39 is 23.1 Å². The Kier molecular flexibility index (Phi) is 2.90. The average Bonchev–Trinajstić information content (AvgIpc) is 2.28. The Hall–Kier alpha value is -2.18. The molecule has 2 aromatic rings. The Bertz CT molecular complexity index is 613. The minimum atomic E-state index is -4.64. The molecule has 1 aromatic heterocycles. The zero-order chi connectivity index (χ0) is 13.3. The summed E-state index contributed by atoms with van der Waals surface area (Å²) in [6.45, 7) is 0. The molecule has 0 unspecified atom stereocenters. The van der Waals surface area contributed by atoms with Crippen LogP contribution in [0, 0.1) is 5.82 Å². The lowest BCUT2D eigenvalue weighted by molar-refractivity contribution is -0.137. The second-order valence-electron chi connectivity index (χ2n) is 3.53. The van der Waals surface area contributed by atoms with Crippen molar-refractivity contribution in [3.63, 3.8) is 0 Å².